The first-order valence-corrected chi connectivity index (χ1v) is 13.1. The molecule has 182 valence electrons. The summed E-state index contributed by atoms with van der Waals surface area (Å²) in [4.78, 5) is 24.9. The fourth-order valence-corrected chi connectivity index (χ4v) is 10.1. The molecule has 5 aliphatic carbocycles. The molecule has 9 atom stereocenters. The van der Waals surface area contributed by atoms with E-state index in [1.54, 1.807) is 0 Å². The highest BCUT2D eigenvalue weighted by Gasteiger charge is 2.69. The van der Waals surface area contributed by atoms with E-state index in [-0.39, 0.29) is 28.1 Å². The van der Waals surface area contributed by atoms with E-state index in [0.29, 0.717) is 12.3 Å². The molecule has 33 heavy (non-hydrogen) atoms. The van der Waals surface area contributed by atoms with Gasteiger partial charge in [0.25, 0.3) is 0 Å². The van der Waals surface area contributed by atoms with Crippen LogP contribution in [0.2, 0.25) is 0 Å². The highest BCUT2D eigenvalue weighted by atomic mass is 16.4. The maximum absolute atomic E-state index is 12.6. The molecule has 0 saturated heterocycles. The second-order valence-electron chi connectivity index (χ2n) is 13.3. The molecule has 0 bridgehead atoms. The second-order valence-corrected chi connectivity index (χ2v) is 13.3. The molecular weight excluding hydrogens is 412 g/mol. The minimum atomic E-state index is -0.675. The largest absolute Gasteiger partial charge is 0.481 e. The van der Waals surface area contributed by atoms with Gasteiger partial charge in [0.1, 0.15) is 6.29 Å². The van der Waals surface area contributed by atoms with E-state index in [0.717, 1.165) is 64.1 Å². The Morgan fingerprint density at radius 1 is 1.06 bits per heavy atom. The van der Waals surface area contributed by atoms with Crippen LogP contribution in [0.25, 0.3) is 0 Å². The van der Waals surface area contributed by atoms with Gasteiger partial charge in [-0.2, -0.15) is 0 Å². The van der Waals surface area contributed by atoms with Crippen LogP contribution in [0.4, 0.5) is 0 Å². The second kappa shape index (κ2) is 7.06. The fourth-order valence-electron chi connectivity index (χ4n) is 10.1. The highest BCUT2D eigenvalue weighted by Crippen LogP contribution is 2.75. The number of aliphatic hydroxyl groups excluding tert-OH is 1. The van der Waals surface area contributed by atoms with Gasteiger partial charge in [-0.05, 0) is 92.3 Å². The van der Waals surface area contributed by atoms with Crippen molar-refractivity contribution in [2.24, 2.45) is 44.8 Å². The molecule has 0 spiro atoms. The number of aldehydes is 1. The third kappa shape index (κ3) is 2.68. The standard InChI is InChI=1S/C29H42O4/c1-18-8-13-29(24(32)33)15-14-27(4)19(20(29)16-18)6-7-22-25(2)11-10-23(31)26(3,17-30)21(25)9-12-28(22,27)5/h6,17,20-23,31H,1,7-16H2,2-5H3,(H,32,33)/t20-,21?,22-,23?,25+,26?,27-,28-,29+/m1/s1. The predicted molar refractivity (Wildman–Crippen MR) is 128 cm³/mol. The number of aliphatic hydroxyl groups is 1. The van der Waals surface area contributed by atoms with E-state index >= 15 is 0 Å². The molecule has 0 heterocycles. The monoisotopic (exact) mass is 454 g/mol. The Bertz CT molecular complexity index is 936. The fraction of sp³-hybridized carbons (Fsp3) is 0.793. The number of carbonyl (C=O) groups is 2. The van der Waals surface area contributed by atoms with Crippen molar-refractivity contribution in [3.8, 4) is 0 Å². The van der Waals surface area contributed by atoms with E-state index in [4.69, 9.17) is 0 Å². The molecule has 0 radical (unpaired) electrons. The molecule has 0 aromatic heterocycles. The average molecular weight is 455 g/mol. The quantitative estimate of drug-likeness (QED) is 0.400. The van der Waals surface area contributed by atoms with Crippen LogP contribution >= 0.6 is 0 Å². The number of carboxylic acid groups (broad SMARTS) is 1. The molecule has 3 unspecified atom stereocenters. The van der Waals surface area contributed by atoms with Crippen molar-refractivity contribution in [3.63, 3.8) is 0 Å². The summed E-state index contributed by atoms with van der Waals surface area (Å²) >= 11 is 0. The van der Waals surface area contributed by atoms with Crippen LogP contribution in [0.15, 0.2) is 23.8 Å². The predicted octanol–water partition coefficient (Wildman–Crippen LogP) is 5.94. The molecular formula is C29H42O4. The van der Waals surface area contributed by atoms with Gasteiger partial charge in [-0.15, -0.1) is 0 Å². The minimum Gasteiger partial charge on any atom is -0.481 e. The van der Waals surface area contributed by atoms with Crippen molar-refractivity contribution in [1.29, 1.82) is 0 Å². The Hall–Kier alpha value is -1.42. The summed E-state index contributed by atoms with van der Waals surface area (Å²) < 4.78 is 0. The summed E-state index contributed by atoms with van der Waals surface area (Å²) in [5.41, 5.74) is 1.33. The van der Waals surface area contributed by atoms with Gasteiger partial charge >= 0.3 is 5.97 Å². The molecule has 5 aliphatic rings. The molecule has 4 fully saturated rings. The summed E-state index contributed by atoms with van der Waals surface area (Å²) in [6.45, 7) is 13.5. The number of hydrogen-bond donors (Lipinski definition) is 2. The third-order valence-electron chi connectivity index (χ3n) is 12.4. The van der Waals surface area contributed by atoms with Crippen molar-refractivity contribution in [1.82, 2.24) is 0 Å². The number of rotatable bonds is 2. The van der Waals surface area contributed by atoms with E-state index in [1.807, 2.05) is 6.92 Å². The van der Waals surface area contributed by atoms with Gasteiger partial charge in [-0.1, -0.05) is 51.5 Å². The van der Waals surface area contributed by atoms with Crippen LogP contribution in [0, 0.1) is 44.8 Å². The van der Waals surface area contributed by atoms with E-state index in [1.165, 1.54) is 11.1 Å². The lowest BCUT2D eigenvalue weighted by atomic mass is 9.34. The smallest absolute Gasteiger partial charge is 0.310 e. The Morgan fingerprint density at radius 3 is 2.45 bits per heavy atom. The van der Waals surface area contributed by atoms with Gasteiger partial charge in [0.15, 0.2) is 0 Å². The summed E-state index contributed by atoms with van der Waals surface area (Å²) in [6.07, 6.45) is 11.6. The lowest BCUT2D eigenvalue weighted by Crippen LogP contribution is -2.65. The minimum absolute atomic E-state index is 0.00439. The van der Waals surface area contributed by atoms with Gasteiger partial charge in [0, 0.05) is 5.92 Å². The van der Waals surface area contributed by atoms with E-state index in [2.05, 4.69) is 33.4 Å². The first-order chi connectivity index (χ1) is 15.4. The molecule has 0 amide bonds. The molecule has 4 saturated carbocycles. The van der Waals surface area contributed by atoms with Crippen LogP contribution in [0.1, 0.15) is 91.9 Å². The van der Waals surface area contributed by atoms with Crippen LogP contribution < -0.4 is 0 Å². The Morgan fingerprint density at radius 2 is 1.79 bits per heavy atom. The van der Waals surface area contributed by atoms with Gasteiger partial charge < -0.3 is 15.0 Å². The molecule has 0 aliphatic heterocycles. The Labute approximate surface area is 198 Å². The number of carbonyl (C=O) groups excluding carboxylic acids is 1. The number of hydrogen-bond acceptors (Lipinski definition) is 3. The van der Waals surface area contributed by atoms with Gasteiger partial charge in [0.05, 0.1) is 16.9 Å². The molecule has 4 nitrogen and oxygen atoms in total. The number of carboxylic acids is 1. The average Bonchev–Trinajstić information content (AvgIpc) is 2.77. The number of allylic oxidation sites excluding steroid dienone is 3. The SMILES string of the molecule is C=C1CC[C@]2(C(=O)O)CC[C@]3(C)C(=CC[C@@H]4[C@@]5(C)CCC(O)C(C)(C=O)C5CC[C@]43C)[C@H]2C1. The van der Waals surface area contributed by atoms with Crippen molar-refractivity contribution in [2.45, 2.75) is 98.0 Å². The summed E-state index contributed by atoms with van der Waals surface area (Å²) in [5.74, 6) is 0.0769. The van der Waals surface area contributed by atoms with Gasteiger partial charge in [-0.25, -0.2) is 0 Å². The first kappa shape index (κ1) is 23.3. The van der Waals surface area contributed by atoms with Crippen LogP contribution in [-0.2, 0) is 9.59 Å². The zero-order chi connectivity index (χ0) is 24.0. The van der Waals surface area contributed by atoms with Crippen LogP contribution in [-0.4, -0.2) is 28.6 Å². The van der Waals surface area contributed by atoms with E-state index in [9.17, 15) is 19.8 Å². The Kier molecular flexibility index (Phi) is 4.99. The van der Waals surface area contributed by atoms with Gasteiger partial charge in [-0.3, -0.25) is 4.79 Å². The normalized spacial score (nSPS) is 53.6. The Balaban J connectivity index is 1.60. The summed E-state index contributed by atoms with van der Waals surface area (Å²) in [5, 5.41) is 21.2. The van der Waals surface area contributed by atoms with E-state index < -0.39 is 22.9 Å². The van der Waals surface area contributed by atoms with Crippen LogP contribution in [0.5, 0.6) is 0 Å². The first-order valence-electron chi connectivity index (χ1n) is 13.1. The maximum atomic E-state index is 12.6. The molecule has 0 aromatic rings. The maximum Gasteiger partial charge on any atom is 0.310 e. The van der Waals surface area contributed by atoms with Crippen molar-refractivity contribution in [2.75, 3.05) is 0 Å². The lowest BCUT2D eigenvalue weighted by molar-refractivity contribution is -0.203. The zero-order valence-corrected chi connectivity index (χ0v) is 21.0. The molecule has 5 rings (SSSR count). The van der Waals surface area contributed by atoms with Crippen molar-refractivity contribution < 1.29 is 19.8 Å². The number of aliphatic carboxylic acids is 1. The highest BCUT2D eigenvalue weighted by molar-refractivity contribution is 5.77. The lowest BCUT2D eigenvalue weighted by Gasteiger charge is -2.70. The third-order valence-corrected chi connectivity index (χ3v) is 12.4. The van der Waals surface area contributed by atoms with Gasteiger partial charge in [0.2, 0.25) is 0 Å². The van der Waals surface area contributed by atoms with Crippen molar-refractivity contribution >= 4 is 12.3 Å². The molecule has 2 N–H and O–H groups in total. The summed E-state index contributed by atoms with van der Waals surface area (Å²) in [7, 11) is 0. The number of fused-ring (bicyclic) bond motifs is 7. The molecule has 4 heteroatoms. The molecule has 0 aromatic carbocycles. The van der Waals surface area contributed by atoms with Crippen LogP contribution in [0.3, 0.4) is 0 Å². The summed E-state index contributed by atoms with van der Waals surface area (Å²) in [6, 6.07) is 0. The topological polar surface area (TPSA) is 74.6 Å². The zero-order valence-electron chi connectivity index (χ0n) is 21.0. The van der Waals surface area contributed by atoms with Crippen molar-refractivity contribution in [3.05, 3.63) is 23.8 Å².